The van der Waals surface area contributed by atoms with Crippen LogP contribution < -0.4 is 4.06 Å². The summed E-state index contributed by atoms with van der Waals surface area (Å²) in [6.45, 7) is 2.12. The zero-order valence-corrected chi connectivity index (χ0v) is 12.7. The van der Waals surface area contributed by atoms with Crippen molar-refractivity contribution < 1.29 is 0 Å². The second-order valence-corrected chi connectivity index (χ2v) is 7.98. The van der Waals surface area contributed by atoms with Crippen LogP contribution in [0.15, 0.2) is 35.1 Å². The van der Waals surface area contributed by atoms with Crippen molar-refractivity contribution in [3.8, 4) is 0 Å². The van der Waals surface area contributed by atoms with Gasteiger partial charge in [0.2, 0.25) is 0 Å². The molecule has 0 saturated heterocycles. The van der Waals surface area contributed by atoms with Crippen LogP contribution in [0, 0.1) is 3.95 Å². The van der Waals surface area contributed by atoms with Gasteiger partial charge in [0, 0.05) is 0 Å². The molecule has 2 aromatic heterocycles. The van der Waals surface area contributed by atoms with Gasteiger partial charge in [0.1, 0.15) is 8.84 Å². The van der Waals surface area contributed by atoms with Crippen LogP contribution in [-0.4, -0.2) is 4.57 Å². The SMILES string of the molecule is C[C@@H](c1ccccc1)n1c(=S)sc2sc(=O)sc21. The van der Waals surface area contributed by atoms with Gasteiger partial charge in [-0.2, -0.15) is 0 Å². The molecule has 92 valence electrons. The van der Waals surface area contributed by atoms with Gasteiger partial charge in [-0.1, -0.05) is 64.3 Å². The molecule has 0 fully saturated rings. The summed E-state index contributed by atoms with van der Waals surface area (Å²) in [6.07, 6.45) is 0. The Balaban J connectivity index is 2.22. The number of thiazole rings is 1. The van der Waals surface area contributed by atoms with E-state index in [1.807, 2.05) is 18.2 Å². The minimum Gasteiger partial charge on any atom is -0.306 e. The molecule has 1 aromatic carbocycles. The monoisotopic (exact) mass is 311 g/mol. The average molecular weight is 311 g/mol. The quantitative estimate of drug-likeness (QED) is 0.649. The molecule has 0 unspecified atom stereocenters. The zero-order valence-electron chi connectivity index (χ0n) is 9.45. The van der Waals surface area contributed by atoms with Crippen LogP contribution in [0.25, 0.3) is 8.84 Å². The number of hydrogen-bond donors (Lipinski definition) is 0. The van der Waals surface area contributed by atoms with Gasteiger partial charge in [-0.15, -0.1) is 0 Å². The lowest BCUT2D eigenvalue weighted by Crippen LogP contribution is -2.05. The van der Waals surface area contributed by atoms with Crippen molar-refractivity contribution in [3.05, 3.63) is 48.7 Å². The van der Waals surface area contributed by atoms with E-state index in [1.165, 1.54) is 39.6 Å². The third kappa shape index (κ3) is 1.99. The minimum absolute atomic E-state index is 0.139. The number of fused-ring (bicyclic) bond motifs is 1. The lowest BCUT2D eigenvalue weighted by Gasteiger charge is -2.13. The molecular weight excluding hydrogens is 302 g/mol. The van der Waals surface area contributed by atoms with E-state index >= 15 is 0 Å². The van der Waals surface area contributed by atoms with E-state index in [-0.39, 0.29) is 10.1 Å². The molecule has 2 nitrogen and oxygen atoms in total. The van der Waals surface area contributed by atoms with Gasteiger partial charge in [0.25, 0.3) is 4.06 Å². The van der Waals surface area contributed by atoms with Crippen molar-refractivity contribution >= 4 is 55.1 Å². The fraction of sp³-hybridized carbons (Fsp3) is 0.167. The lowest BCUT2D eigenvalue weighted by atomic mass is 10.1. The second-order valence-electron chi connectivity index (χ2n) is 3.87. The van der Waals surface area contributed by atoms with Gasteiger partial charge in [-0.3, -0.25) is 4.79 Å². The molecule has 0 radical (unpaired) electrons. The van der Waals surface area contributed by atoms with Gasteiger partial charge in [0.15, 0.2) is 3.95 Å². The van der Waals surface area contributed by atoms with Gasteiger partial charge in [-0.25, -0.2) is 0 Å². The summed E-state index contributed by atoms with van der Waals surface area (Å²) in [5, 5.41) is 0. The number of benzene rings is 1. The Morgan fingerprint density at radius 2 is 1.89 bits per heavy atom. The van der Waals surface area contributed by atoms with Crippen molar-refractivity contribution in [1.82, 2.24) is 4.57 Å². The molecular formula is C12H9NOS4. The summed E-state index contributed by atoms with van der Waals surface area (Å²) in [6, 6.07) is 10.4. The Morgan fingerprint density at radius 1 is 1.17 bits per heavy atom. The van der Waals surface area contributed by atoms with Gasteiger partial charge in [0.05, 0.1) is 6.04 Å². The normalized spacial score (nSPS) is 12.9. The molecule has 0 aliphatic rings. The van der Waals surface area contributed by atoms with Crippen molar-refractivity contribution in [2.24, 2.45) is 0 Å². The first-order chi connectivity index (χ1) is 8.66. The topological polar surface area (TPSA) is 22.0 Å². The molecule has 3 rings (SSSR count). The average Bonchev–Trinajstić information content (AvgIpc) is 2.84. The highest BCUT2D eigenvalue weighted by Crippen LogP contribution is 2.33. The van der Waals surface area contributed by atoms with E-state index in [0.717, 1.165) is 12.8 Å². The summed E-state index contributed by atoms with van der Waals surface area (Å²) in [5.74, 6) is 0. The maximum Gasteiger partial charge on any atom is 0.290 e. The van der Waals surface area contributed by atoms with E-state index in [2.05, 4.69) is 23.6 Å². The maximum atomic E-state index is 11.5. The highest BCUT2D eigenvalue weighted by molar-refractivity contribution is 7.74. The smallest absolute Gasteiger partial charge is 0.290 e. The highest BCUT2D eigenvalue weighted by atomic mass is 32.2. The third-order valence-electron chi connectivity index (χ3n) is 2.80. The van der Waals surface area contributed by atoms with Crippen LogP contribution >= 0.6 is 46.2 Å². The standard InChI is InChI=1S/C12H9NOS4/c1-7(8-5-3-2-4-6-8)13-9-10(17-11(13)15)18-12(14)16-9/h2-7H,1H3/t7-/m0/s1. The molecule has 0 aliphatic carbocycles. The Bertz CT molecular complexity index is 793. The van der Waals surface area contributed by atoms with Crippen LogP contribution in [0.1, 0.15) is 18.5 Å². The molecule has 2 heterocycles. The van der Waals surface area contributed by atoms with E-state index in [9.17, 15) is 4.79 Å². The molecule has 6 heteroatoms. The van der Waals surface area contributed by atoms with E-state index in [1.54, 1.807) is 0 Å². The molecule has 0 amide bonds. The first kappa shape index (κ1) is 12.2. The summed E-state index contributed by atoms with van der Waals surface area (Å²) in [4.78, 5) is 12.5. The molecule has 0 bridgehead atoms. The second kappa shape index (κ2) is 4.70. The Labute approximate surface area is 121 Å². The van der Waals surface area contributed by atoms with Crippen molar-refractivity contribution in [2.45, 2.75) is 13.0 Å². The number of hydrogen-bond acceptors (Lipinski definition) is 5. The fourth-order valence-electron chi connectivity index (χ4n) is 1.90. The van der Waals surface area contributed by atoms with E-state index < -0.39 is 0 Å². The van der Waals surface area contributed by atoms with Gasteiger partial charge < -0.3 is 4.57 Å². The van der Waals surface area contributed by atoms with Crippen LogP contribution in [0.2, 0.25) is 0 Å². The Kier molecular flexibility index (Phi) is 3.19. The first-order valence-corrected chi connectivity index (χ1v) is 8.22. The molecule has 1 atom stereocenters. The zero-order chi connectivity index (χ0) is 12.7. The number of nitrogens with zero attached hydrogens (tertiary/aromatic N) is 1. The number of rotatable bonds is 2. The summed E-state index contributed by atoms with van der Waals surface area (Å²) < 4.78 is 4.11. The van der Waals surface area contributed by atoms with Crippen molar-refractivity contribution in [2.75, 3.05) is 0 Å². The van der Waals surface area contributed by atoms with Crippen LogP contribution in [-0.2, 0) is 0 Å². The van der Waals surface area contributed by atoms with Crippen molar-refractivity contribution in [1.29, 1.82) is 0 Å². The van der Waals surface area contributed by atoms with Crippen molar-refractivity contribution in [3.63, 3.8) is 0 Å². The third-order valence-corrected chi connectivity index (χ3v) is 6.56. The summed E-state index contributed by atoms with van der Waals surface area (Å²) >= 11 is 9.53. The fourth-order valence-corrected chi connectivity index (χ4v) is 6.23. The predicted molar refractivity (Wildman–Crippen MR) is 82.9 cm³/mol. The molecule has 0 saturated carbocycles. The molecule has 18 heavy (non-hydrogen) atoms. The largest absolute Gasteiger partial charge is 0.306 e. The summed E-state index contributed by atoms with van der Waals surface area (Å²) in [7, 11) is 0. The minimum atomic E-state index is 0.139. The van der Waals surface area contributed by atoms with E-state index in [4.69, 9.17) is 12.2 Å². The Hall–Kier alpha value is -0.820. The molecule has 0 N–H and O–H groups in total. The van der Waals surface area contributed by atoms with Crippen LogP contribution in [0.5, 0.6) is 0 Å². The predicted octanol–water partition coefficient (Wildman–Crippen LogP) is 4.52. The van der Waals surface area contributed by atoms with Gasteiger partial charge in [-0.05, 0) is 24.7 Å². The van der Waals surface area contributed by atoms with Gasteiger partial charge >= 0.3 is 0 Å². The first-order valence-electron chi connectivity index (χ1n) is 5.37. The lowest BCUT2D eigenvalue weighted by molar-refractivity contribution is 0.665. The summed E-state index contributed by atoms with van der Waals surface area (Å²) in [5.41, 5.74) is 1.21. The highest BCUT2D eigenvalue weighted by Gasteiger charge is 2.15. The van der Waals surface area contributed by atoms with Crippen LogP contribution in [0.3, 0.4) is 0 Å². The van der Waals surface area contributed by atoms with Crippen LogP contribution in [0.4, 0.5) is 0 Å². The molecule has 0 spiro atoms. The Morgan fingerprint density at radius 3 is 2.61 bits per heavy atom. The van der Waals surface area contributed by atoms with E-state index in [0.29, 0.717) is 0 Å². The molecule has 0 aliphatic heterocycles. The number of aromatic nitrogens is 1. The molecule has 3 aromatic rings. The maximum absolute atomic E-state index is 11.5.